The van der Waals surface area contributed by atoms with Crippen LogP contribution in [0.4, 0.5) is 8.78 Å². The van der Waals surface area contributed by atoms with E-state index in [9.17, 15) is 18.7 Å². The molecule has 0 aliphatic heterocycles. The van der Waals surface area contributed by atoms with Gasteiger partial charge in [0.25, 0.3) is 0 Å². The largest absolute Gasteiger partial charge is 0.510 e. The average molecular weight is 291 g/mol. The molecule has 1 N–H and O–H groups in total. The zero-order valence-corrected chi connectivity index (χ0v) is 10.8. The molecule has 0 saturated heterocycles. The smallest absolute Gasteiger partial charge is 0.159 e. The molecule has 0 radical (unpaired) electrons. The highest BCUT2D eigenvalue weighted by Crippen LogP contribution is 2.40. The summed E-state index contributed by atoms with van der Waals surface area (Å²) in [6, 6.07) is 2.25. The molecule has 3 rings (SSSR count). The maximum absolute atomic E-state index is 14.0. The minimum absolute atomic E-state index is 0.0310. The van der Waals surface area contributed by atoms with Gasteiger partial charge in [-0.2, -0.15) is 5.10 Å². The van der Waals surface area contributed by atoms with Crippen LogP contribution < -0.4 is 0 Å². The van der Waals surface area contributed by atoms with Crippen LogP contribution in [0.2, 0.25) is 0 Å². The van der Waals surface area contributed by atoms with Crippen LogP contribution in [0.25, 0.3) is 0 Å². The molecule has 1 aliphatic rings. The molecule has 0 fully saturated rings. The van der Waals surface area contributed by atoms with Gasteiger partial charge < -0.3 is 5.11 Å². The van der Waals surface area contributed by atoms with E-state index in [0.29, 0.717) is 0 Å². The highest BCUT2D eigenvalue weighted by atomic mass is 19.1. The molecule has 108 valence electrons. The summed E-state index contributed by atoms with van der Waals surface area (Å²) in [5.41, 5.74) is 0.0310. The van der Waals surface area contributed by atoms with Crippen LogP contribution in [0.1, 0.15) is 23.9 Å². The molecule has 5 nitrogen and oxygen atoms in total. The molecule has 0 amide bonds. The zero-order valence-electron chi connectivity index (χ0n) is 10.8. The second kappa shape index (κ2) is 5.08. The van der Waals surface area contributed by atoms with Gasteiger partial charge in [-0.25, -0.2) is 18.4 Å². The second-order valence-corrected chi connectivity index (χ2v) is 4.83. The number of aliphatic hydroxyl groups is 1. The Morgan fingerprint density at radius 1 is 1.33 bits per heavy atom. The Kier molecular flexibility index (Phi) is 3.25. The zero-order chi connectivity index (χ0) is 15.0. The van der Waals surface area contributed by atoms with Crippen LogP contribution in [0.5, 0.6) is 0 Å². The molecule has 1 aromatic heterocycles. The van der Waals surface area contributed by atoms with Crippen molar-refractivity contribution < 1.29 is 18.7 Å². The van der Waals surface area contributed by atoms with E-state index in [1.807, 2.05) is 0 Å². The first kappa shape index (κ1) is 13.4. The van der Waals surface area contributed by atoms with E-state index in [1.54, 1.807) is 0 Å². The Balaban J connectivity index is 2.12. The van der Waals surface area contributed by atoms with Crippen LogP contribution in [0, 0.1) is 11.6 Å². The third kappa shape index (κ3) is 2.42. The molecule has 2 unspecified atom stereocenters. The number of ketones is 1. The minimum Gasteiger partial charge on any atom is -0.510 e. The number of allylic oxidation sites excluding steroid dienone is 2. The van der Waals surface area contributed by atoms with Gasteiger partial charge in [0.1, 0.15) is 36.1 Å². The summed E-state index contributed by atoms with van der Waals surface area (Å²) in [6.07, 6.45) is 3.66. The molecule has 21 heavy (non-hydrogen) atoms. The van der Waals surface area contributed by atoms with Crippen molar-refractivity contribution >= 4 is 5.78 Å². The summed E-state index contributed by atoms with van der Waals surface area (Å²) in [5, 5.41) is 14.0. The number of carbonyl (C=O) groups excluding carboxylic acids is 1. The van der Waals surface area contributed by atoms with Gasteiger partial charge in [0, 0.05) is 18.4 Å². The SMILES string of the molecule is O=C1C=C(O)C(n2cncn2)C(c2cc(F)ccc2F)C1. The molecular formula is C14H11F2N3O2. The lowest BCUT2D eigenvalue weighted by atomic mass is 9.82. The third-order valence-electron chi connectivity index (χ3n) is 3.49. The maximum atomic E-state index is 14.0. The fourth-order valence-corrected chi connectivity index (χ4v) is 2.60. The van der Waals surface area contributed by atoms with Crippen LogP contribution in [0.3, 0.4) is 0 Å². The summed E-state index contributed by atoms with van der Waals surface area (Å²) in [4.78, 5) is 15.5. The van der Waals surface area contributed by atoms with Crippen molar-refractivity contribution in [3.63, 3.8) is 0 Å². The lowest BCUT2D eigenvalue weighted by Gasteiger charge is -2.29. The first-order valence-electron chi connectivity index (χ1n) is 6.28. The maximum Gasteiger partial charge on any atom is 0.159 e. The Labute approximate surface area is 118 Å². The normalized spacial score (nSPS) is 22.2. The van der Waals surface area contributed by atoms with E-state index >= 15 is 0 Å². The van der Waals surface area contributed by atoms with Crippen LogP contribution >= 0.6 is 0 Å². The molecular weight excluding hydrogens is 280 g/mol. The van der Waals surface area contributed by atoms with E-state index in [0.717, 1.165) is 24.3 Å². The first-order chi connectivity index (χ1) is 10.1. The Morgan fingerprint density at radius 2 is 2.14 bits per heavy atom. The quantitative estimate of drug-likeness (QED) is 0.921. The van der Waals surface area contributed by atoms with Crippen molar-refractivity contribution in [1.29, 1.82) is 0 Å². The van der Waals surface area contributed by atoms with Gasteiger partial charge in [0.05, 0.1) is 0 Å². The number of hydrogen-bond donors (Lipinski definition) is 1. The van der Waals surface area contributed by atoms with E-state index in [2.05, 4.69) is 10.1 Å². The van der Waals surface area contributed by atoms with Crippen molar-refractivity contribution in [2.24, 2.45) is 0 Å². The molecule has 0 saturated carbocycles. The predicted molar refractivity (Wildman–Crippen MR) is 68.5 cm³/mol. The highest BCUT2D eigenvalue weighted by molar-refractivity contribution is 5.92. The van der Waals surface area contributed by atoms with Crippen molar-refractivity contribution in [1.82, 2.24) is 14.8 Å². The lowest BCUT2D eigenvalue weighted by molar-refractivity contribution is -0.116. The lowest BCUT2D eigenvalue weighted by Crippen LogP contribution is -2.27. The van der Waals surface area contributed by atoms with Gasteiger partial charge in [0.15, 0.2) is 5.78 Å². The summed E-state index contributed by atoms with van der Waals surface area (Å²) < 4.78 is 28.7. The van der Waals surface area contributed by atoms with E-state index in [4.69, 9.17) is 0 Å². The minimum atomic E-state index is -0.790. The standard InChI is InChI=1S/C14H11F2N3O2/c15-8-1-2-12(16)10(3-8)11-4-9(20)5-13(21)14(11)19-7-17-6-18-19/h1-3,5-7,11,14,21H,4H2. The monoisotopic (exact) mass is 291 g/mol. The van der Waals surface area contributed by atoms with Crippen LogP contribution in [0.15, 0.2) is 42.7 Å². The molecule has 2 atom stereocenters. The Hall–Kier alpha value is -2.57. The van der Waals surface area contributed by atoms with Crippen LogP contribution in [-0.4, -0.2) is 25.7 Å². The van der Waals surface area contributed by atoms with Gasteiger partial charge in [-0.1, -0.05) is 0 Å². The molecule has 1 aromatic carbocycles. The van der Waals surface area contributed by atoms with Gasteiger partial charge >= 0.3 is 0 Å². The molecule has 0 spiro atoms. The number of halogens is 2. The van der Waals surface area contributed by atoms with Crippen molar-refractivity contribution in [3.05, 3.63) is 59.9 Å². The topological polar surface area (TPSA) is 68.0 Å². The van der Waals surface area contributed by atoms with Crippen LogP contribution in [-0.2, 0) is 4.79 Å². The Morgan fingerprint density at radius 3 is 2.86 bits per heavy atom. The Bertz CT molecular complexity index is 713. The first-order valence-corrected chi connectivity index (χ1v) is 6.28. The number of benzene rings is 1. The summed E-state index contributed by atoms with van der Waals surface area (Å²) >= 11 is 0. The van der Waals surface area contributed by atoms with Gasteiger partial charge in [-0.3, -0.25) is 4.79 Å². The summed E-state index contributed by atoms with van der Waals surface area (Å²) in [5.74, 6) is -2.58. The van der Waals surface area contributed by atoms with E-state index in [-0.39, 0.29) is 23.5 Å². The summed E-state index contributed by atoms with van der Waals surface area (Å²) in [7, 11) is 0. The van der Waals surface area contributed by atoms with Gasteiger partial charge in [-0.15, -0.1) is 0 Å². The third-order valence-corrected chi connectivity index (χ3v) is 3.49. The van der Waals surface area contributed by atoms with Gasteiger partial charge in [0.2, 0.25) is 0 Å². The predicted octanol–water partition coefficient (Wildman–Crippen LogP) is 2.30. The fourth-order valence-electron chi connectivity index (χ4n) is 2.60. The average Bonchev–Trinajstić information content (AvgIpc) is 2.94. The summed E-state index contributed by atoms with van der Waals surface area (Å²) in [6.45, 7) is 0. The molecule has 0 bridgehead atoms. The molecule has 1 heterocycles. The number of rotatable bonds is 2. The fraction of sp³-hybridized carbons (Fsp3) is 0.214. The van der Waals surface area contributed by atoms with E-state index in [1.165, 1.54) is 17.3 Å². The van der Waals surface area contributed by atoms with Crippen molar-refractivity contribution in [2.75, 3.05) is 0 Å². The van der Waals surface area contributed by atoms with E-state index < -0.39 is 23.6 Å². The highest BCUT2D eigenvalue weighted by Gasteiger charge is 2.36. The number of carbonyl (C=O) groups is 1. The molecule has 7 heteroatoms. The number of aromatic nitrogens is 3. The van der Waals surface area contributed by atoms with Crippen molar-refractivity contribution in [3.8, 4) is 0 Å². The molecule has 2 aromatic rings. The second-order valence-electron chi connectivity index (χ2n) is 4.83. The van der Waals surface area contributed by atoms with Crippen molar-refractivity contribution in [2.45, 2.75) is 18.4 Å². The number of nitrogens with zero attached hydrogens (tertiary/aromatic N) is 3. The number of hydrogen-bond acceptors (Lipinski definition) is 4. The number of aliphatic hydroxyl groups excluding tert-OH is 1. The molecule has 1 aliphatic carbocycles. The van der Waals surface area contributed by atoms with Gasteiger partial charge in [-0.05, 0) is 23.8 Å².